The lowest BCUT2D eigenvalue weighted by Crippen LogP contribution is -2.34. The normalized spacial score (nSPS) is 14.2. The van der Waals surface area contributed by atoms with Crippen LogP contribution < -0.4 is 0 Å². The highest BCUT2D eigenvalue weighted by Gasteiger charge is 2.15. The molecule has 1 aliphatic heterocycles. The van der Waals surface area contributed by atoms with Gasteiger partial charge in [0.15, 0.2) is 0 Å². The summed E-state index contributed by atoms with van der Waals surface area (Å²) in [4.78, 5) is 18.4. The zero-order valence-electron chi connectivity index (χ0n) is 16.6. The monoisotopic (exact) mass is 370 g/mol. The van der Waals surface area contributed by atoms with E-state index in [0.717, 1.165) is 31.4 Å². The maximum atomic E-state index is 11.8. The summed E-state index contributed by atoms with van der Waals surface area (Å²) in [6.07, 6.45) is 6.73. The minimum absolute atomic E-state index is 0.249. The van der Waals surface area contributed by atoms with Gasteiger partial charge in [-0.2, -0.15) is 0 Å². The molecular weight excluding hydrogens is 344 g/mol. The molecule has 2 aromatic carbocycles. The fourth-order valence-corrected chi connectivity index (χ4v) is 3.96. The summed E-state index contributed by atoms with van der Waals surface area (Å²) in [6.45, 7) is 5.69. The van der Waals surface area contributed by atoms with Crippen LogP contribution in [0.5, 0.6) is 0 Å². The number of carbonyl (C=O) groups is 1. The number of benzene rings is 2. The van der Waals surface area contributed by atoms with E-state index in [-0.39, 0.29) is 5.91 Å². The van der Waals surface area contributed by atoms with E-state index >= 15 is 0 Å². The van der Waals surface area contributed by atoms with Crippen LogP contribution >= 0.6 is 0 Å². The average molecular weight is 370 g/mol. The predicted molar refractivity (Wildman–Crippen MR) is 115 cm³/mol. The number of aryl methyl sites for hydroxylation is 1. The fraction of sp³-hybridized carbons (Fsp3) is 0.280. The largest absolute Gasteiger partial charge is 0.339 e. The van der Waals surface area contributed by atoms with Crippen LogP contribution in [0, 0.1) is 6.92 Å². The third-order valence-electron chi connectivity index (χ3n) is 5.70. The lowest BCUT2D eigenvalue weighted by molar-refractivity contribution is -0.130. The van der Waals surface area contributed by atoms with Crippen LogP contribution in [0.1, 0.15) is 30.9 Å². The van der Waals surface area contributed by atoms with Gasteiger partial charge in [0, 0.05) is 36.7 Å². The zero-order valence-corrected chi connectivity index (χ0v) is 16.6. The van der Waals surface area contributed by atoms with E-state index in [4.69, 9.17) is 0 Å². The van der Waals surface area contributed by atoms with Crippen molar-refractivity contribution in [1.82, 2.24) is 9.88 Å². The Morgan fingerprint density at radius 1 is 1.11 bits per heavy atom. The van der Waals surface area contributed by atoms with E-state index in [1.165, 1.54) is 33.2 Å². The van der Waals surface area contributed by atoms with Crippen LogP contribution in [0.25, 0.3) is 22.0 Å². The number of carbonyl (C=O) groups excluding carboxylic acids is 1. The molecule has 0 spiro atoms. The third kappa shape index (κ3) is 3.70. The first-order valence-electron chi connectivity index (χ1n) is 10.0. The molecule has 0 bridgehead atoms. The molecule has 1 aliphatic rings. The topological polar surface area (TPSA) is 33.2 Å². The van der Waals surface area contributed by atoms with E-state index in [1.54, 1.807) is 0 Å². The van der Waals surface area contributed by atoms with Crippen LogP contribution in [-0.4, -0.2) is 28.9 Å². The summed E-state index contributed by atoms with van der Waals surface area (Å²) in [5, 5.41) is 1.21. The molecule has 0 unspecified atom stereocenters. The zero-order chi connectivity index (χ0) is 19.5. The average Bonchev–Trinajstić information content (AvgIpc) is 2.75. The van der Waals surface area contributed by atoms with Gasteiger partial charge in [0.1, 0.15) is 0 Å². The number of amides is 1. The van der Waals surface area contributed by atoms with Crippen molar-refractivity contribution in [2.45, 2.75) is 33.1 Å². The van der Waals surface area contributed by atoms with Gasteiger partial charge in [-0.25, -0.2) is 0 Å². The van der Waals surface area contributed by atoms with E-state index in [1.807, 2.05) is 24.1 Å². The Balaban J connectivity index is 1.50. The summed E-state index contributed by atoms with van der Waals surface area (Å²) in [7, 11) is 0. The Morgan fingerprint density at radius 3 is 2.61 bits per heavy atom. The quantitative estimate of drug-likeness (QED) is 0.582. The van der Waals surface area contributed by atoms with Crippen LogP contribution in [0.4, 0.5) is 0 Å². The highest BCUT2D eigenvalue weighted by Crippen LogP contribution is 2.28. The Morgan fingerprint density at radius 2 is 1.89 bits per heavy atom. The second kappa shape index (κ2) is 7.97. The van der Waals surface area contributed by atoms with Gasteiger partial charge in [-0.3, -0.25) is 9.78 Å². The second-order valence-corrected chi connectivity index (χ2v) is 7.49. The smallest absolute Gasteiger partial charge is 0.222 e. The molecule has 0 atom stereocenters. The lowest BCUT2D eigenvalue weighted by Gasteiger charge is -2.26. The maximum Gasteiger partial charge on any atom is 0.222 e. The first kappa shape index (κ1) is 18.4. The van der Waals surface area contributed by atoms with E-state index in [9.17, 15) is 4.79 Å². The van der Waals surface area contributed by atoms with E-state index in [2.05, 4.69) is 60.4 Å². The molecule has 1 aromatic heterocycles. The molecule has 0 saturated heterocycles. The number of hydrogen-bond donors (Lipinski definition) is 0. The number of rotatable bonds is 4. The van der Waals surface area contributed by atoms with Gasteiger partial charge in [0.25, 0.3) is 0 Å². The highest BCUT2D eigenvalue weighted by atomic mass is 16.2. The van der Waals surface area contributed by atoms with Crippen molar-refractivity contribution in [2.24, 2.45) is 0 Å². The van der Waals surface area contributed by atoms with Gasteiger partial charge in [-0.05, 0) is 42.5 Å². The molecule has 0 fully saturated rings. The number of hydrogen-bond acceptors (Lipinski definition) is 2. The van der Waals surface area contributed by atoms with Crippen molar-refractivity contribution in [2.75, 3.05) is 13.1 Å². The molecule has 142 valence electrons. The summed E-state index contributed by atoms with van der Waals surface area (Å²) in [5.41, 5.74) is 7.45. The molecular formula is C25H26N2O. The molecule has 0 radical (unpaired) electrons. The second-order valence-electron chi connectivity index (χ2n) is 7.49. The van der Waals surface area contributed by atoms with Crippen molar-refractivity contribution in [3.8, 4) is 11.1 Å². The van der Waals surface area contributed by atoms with Crippen LogP contribution in [0.15, 0.2) is 66.4 Å². The number of pyridine rings is 1. The molecule has 0 saturated carbocycles. The Hall–Kier alpha value is -2.94. The summed E-state index contributed by atoms with van der Waals surface area (Å²) < 4.78 is 0. The van der Waals surface area contributed by atoms with Gasteiger partial charge in [-0.1, -0.05) is 61.0 Å². The Bertz CT molecular complexity index is 1030. The third-order valence-corrected chi connectivity index (χ3v) is 5.70. The number of para-hydroxylation sites is 1. The Kier molecular flexibility index (Phi) is 5.25. The molecule has 1 amide bonds. The fourth-order valence-electron chi connectivity index (χ4n) is 3.96. The van der Waals surface area contributed by atoms with Crippen molar-refractivity contribution in [3.63, 3.8) is 0 Å². The number of aromatic nitrogens is 1. The van der Waals surface area contributed by atoms with Crippen molar-refractivity contribution in [3.05, 3.63) is 77.5 Å². The van der Waals surface area contributed by atoms with Crippen molar-refractivity contribution >= 4 is 16.8 Å². The Labute approximate surface area is 166 Å². The summed E-state index contributed by atoms with van der Waals surface area (Å²) in [6, 6.07) is 17.1. The SMILES string of the molecule is CCC(=O)N1CC=C(Cc2ccc(-c3cnc4ccccc4c3C)cc2)CC1. The summed E-state index contributed by atoms with van der Waals surface area (Å²) in [5.74, 6) is 0.249. The van der Waals surface area contributed by atoms with Crippen molar-refractivity contribution < 1.29 is 4.79 Å². The first-order chi connectivity index (χ1) is 13.7. The lowest BCUT2D eigenvalue weighted by atomic mass is 9.95. The molecule has 4 rings (SSSR count). The maximum absolute atomic E-state index is 11.8. The predicted octanol–water partition coefficient (Wildman–Crippen LogP) is 5.32. The van der Waals surface area contributed by atoms with E-state index in [0.29, 0.717) is 6.42 Å². The number of fused-ring (bicyclic) bond motifs is 1. The molecule has 0 aliphatic carbocycles. The van der Waals surface area contributed by atoms with Crippen LogP contribution in [0.2, 0.25) is 0 Å². The first-order valence-corrected chi connectivity index (χ1v) is 10.0. The van der Waals surface area contributed by atoms with Gasteiger partial charge in [-0.15, -0.1) is 0 Å². The minimum atomic E-state index is 0.249. The molecule has 3 heteroatoms. The van der Waals surface area contributed by atoms with Gasteiger partial charge >= 0.3 is 0 Å². The molecule has 3 aromatic rings. The van der Waals surface area contributed by atoms with Crippen LogP contribution in [-0.2, 0) is 11.2 Å². The van der Waals surface area contributed by atoms with Crippen LogP contribution in [0.3, 0.4) is 0 Å². The van der Waals surface area contributed by atoms with Gasteiger partial charge in [0.2, 0.25) is 5.91 Å². The highest BCUT2D eigenvalue weighted by molar-refractivity contribution is 5.88. The number of nitrogens with zero attached hydrogens (tertiary/aromatic N) is 2. The summed E-state index contributed by atoms with van der Waals surface area (Å²) >= 11 is 0. The molecule has 3 nitrogen and oxygen atoms in total. The van der Waals surface area contributed by atoms with Gasteiger partial charge in [0.05, 0.1) is 5.52 Å². The van der Waals surface area contributed by atoms with E-state index < -0.39 is 0 Å². The minimum Gasteiger partial charge on any atom is -0.339 e. The molecule has 2 heterocycles. The van der Waals surface area contributed by atoms with Crippen molar-refractivity contribution in [1.29, 1.82) is 0 Å². The molecule has 0 N–H and O–H groups in total. The molecule has 28 heavy (non-hydrogen) atoms. The standard InChI is InChI=1S/C25H26N2O/c1-3-25(28)27-14-12-20(13-15-27)16-19-8-10-21(11-9-19)23-17-26-24-7-5-4-6-22(24)18(23)2/h4-12,17H,3,13-16H2,1-2H3. The van der Waals surface area contributed by atoms with Gasteiger partial charge < -0.3 is 4.90 Å².